The molecule has 4 aromatic rings. The predicted octanol–water partition coefficient (Wildman–Crippen LogP) is 2.06. The molecule has 1 saturated heterocycles. The van der Waals surface area contributed by atoms with Crippen molar-refractivity contribution in [1.29, 1.82) is 0 Å². The Morgan fingerprint density at radius 3 is 2.60 bits per heavy atom. The van der Waals surface area contributed by atoms with Gasteiger partial charge in [-0.3, -0.25) is 14.3 Å². The molecule has 1 N–H and O–H groups in total. The molecule has 1 fully saturated rings. The molecule has 1 aromatic carbocycles. The van der Waals surface area contributed by atoms with Crippen LogP contribution in [-0.2, 0) is 13.6 Å². The van der Waals surface area contributed by atoms with Crippen molar-refractivity contribution in [3.05, 3.63) is 51.2 Å². The summed E-state index contributed by atoms with van der Waals surface area (Å²) in [5.74, 6) is 2.57. The van der Waals surface area contributed by atoms with E-state index >= 15 is 0 Å². The molecule has 0 unspecified atom stereocenters. The van der Waals surface area contributed by atoms with E-state index in [4.69, 9.17) is 4.98 Å². The first kappa shape index (κ1) is 23.3. The third-order valence-electron chi connectivity index (χ3n) is 6.34. The normalized spacial score (nSPS) is 18.4. The average Bonchev–Trinajstić information content (AvgIpc) is 3.45. The Hall–Kier alpha value is -3.41. The molecule has 2 atom stereocenters. The number of fused-ring (bicyclic) bond motifs is 1. The fourth-order valence-corrected chi connectivity index (χ4v) is 5.70. The van der Waals surface area contributed by atoms with E-state index in [0.717, 1.165) is 36.9 Å². The number of rotatable bonds is 7. The minimum Gasteiger partial charge on any atom is -0.342 e. The Labute approximate surface area is 206 Å². The third-order valence-corrected chi connectivity index (χ3v) is 7.34. The Kier molecular flexibility index (Phi) is 6.46. The lowest BCUT2D eigenvalue weighted by atomic mass is 9.92. The van der Waals surface area contributed by atoms with Crippen molar-refractivity contribution in [2.75, 3.05) is 23.7 Å². The molecule has 1 aliphatic heterocycles. The van der Waals surface area contributed by atoms with E-state index < -0.39 is 11.2 Å². The number of benzene rings is 1. The number of H-pyrrole nitrogens is 1. The van der Waals surface area contributed by atoms with Crippen LogP contribution in [0.2, 0.25) is 0 Å². The maximum atomic E-state index is 12.8. The molecule has 0 aliphatic carbocycles. The average molecular weight is 496 g/mol. The van der Waals surface area contributed by atoms with E-state index in [9.17, 15) is 9.59 Å². The number of para-hydroxylation sites is 1. The van der Waals surface area contributed by atoms with Crippen molar-refractivity contribution in [1.82, 2.24) is 39.3 Å². The van der Waals surface area contributed by atoms with Crippen molar-refractivity contribution < 1.29 is 0 Å². The molecule has 35 heavy (non-hydrogen) atoms. The van der Waals surface area contributed by atoms with Gasteiger partial charge in [0.15, 0.2) is 11.2 Å². The molecule has 0 spiro atoms. The highest BCUT2D eigenvalue weighted by molar-refractivity contribution is 7.99. The van der Waals surface area contributed by atoms with Crippen molar-refractivity contribution in [2.45, 2.75) is 38.4 Å². The second kappa shape index (κ2) is 9.68. The van der Waals surface area contributed by atoms with E-state index in [1.807, 2.05) is 34.9 Å². The molecule has 4 heterocycles. The molecule has 0 saturated carbocycles. The quantitative estimate of drug-likeness (QED) is 0.306. The maximum Gasteiger partial charge on any atom is 0.329 e. The molecule has 184 valence electrons. The van der Waals surface area contributed by atoms with Crippen LogP contribution >= 0.6 is 11.8 Å². The van der Waals surface area contributed by atoms with Gasteiger partial charge in [-0.15, -0.1) is 5.10 Å². The van der Waals surface area contributed by atoms with Gasteiger partial charge in [0.25, 0.3) is 5.56 Å². The number of hydrogen-bond donors (Lipinski definition) is 1. The van der Waals surface area contributed by atoms with Crippen LogP contribution in [0, 0.1) is 11.8 Å². The number of imidazole rings is 1. The van der Waals surface area contributed by atoms with Gasteiger partial charge in [-0.2, -0.15) is 9.67 Å². The first-order chi connectivity index (χ1) is 16.9. The highest BCUT2D eigenvalue weighted by atomic mass is 32.2. The Morgan fingerprint density at radius 2 is 1.86 bits per heavy atom. The molecular formula is C23H29N9O2S. The van der Waals surface area contributed by atoms with Crippen LogP contribution in [0.15, 0.2) is 45.1 Å². The predicted molar refractivity (Wildman–Crippen MR) is 135 cm³/mol. The summed E-state index contributed by atoms with van der Waals surface area (Å²) < 4.78 is 5.11. The maximum absolute atomic E-state index is 12.8. The summed E-state index contributed by atoms with van der Waals surface area (Å²) in [5, 5.41) is 12.8. The van der Waals surface area contributed by atoms with E-state index in [1.165, 1.54) is 11.0 Å². The summed E-state index contributed by atoms with van der Waals surface area (Å²) in [6.07, 6.45) is 1.94. The minimum atomic E-state index is -0.456. The van der Waals surface area contributed by atoms with Gasteiger partial charge in [0.05, 0.1) is 5.69 Å². The number of nitrogens with one attached hydrogen (secondary N) is 1. The SMILES string of the molecule is C[C@@H]1C[C@H](C)CN(c2nc3c(c(=O)[nH]c(=O)n3C)n2CCCSc2nnnn2-c2ccccc2)C1. The summed E-state index contributed by atoms with van der Waals surface area (Å²) in [6, 6.07) is 9.77. The Balaban J connectivity index is 1.40. The zero-order chi connectivity index (χ0) is 24.5. The third kappa shape index (κ3) is 4.62. The molecule has 5 rings (SSSR count). The molecule has 1 aliphatic rings. The number of nitrogens with zero attached hydrogens (tertiary/aromatic N) is 8. The first-order valence-corrected chi connectivity index (χ1v) is 12.8. The van der Waals surface area contributed by atoms with Crippen LogP contribution in [0.4, 0.5) is 5.95 Å². The first-order valence-electron chi connectivity index (χ1n) is 11.8. The number of piperidine rings is 1. The van der Waals surface area contributed by atoms with Gasteiger partial charge in [0.1, 0.15) is 0 Å². The van der Waals surface area contributed by atoms with Crippen molar-refractivity contribution in [2.24, 2.45) is 18.9 Å². The summed E-state index contributed by atoms with van der Waals surface area (Å²) in [5.41, 5.74) is 0.902. The number of aryl methyl sites for hydroxylation is 2. The fraction of sp³-hybridized carbons (Fsp3) is 0.478. The smallest absolute Gasteiger partial charge is 0.329 e. The molecule has 3 aromatic heterocycles. The Bertz CT molecular complexity index is 1430. The zero-order valence-electron chi connectivity index (χ0n) is 20.1. The van der Waals surface area contributed by atoms with Gasteiger partial charge >= 0.3 is 5.69 Å². The van der Waals surface area contributed by atoms with Gasteiger partial charge in [0, 0.05) is 32.4 Å². The number of aromatic amines is 1. The van der Waals surface area contributed by atoms with Crippen molar-refractivity contribution in [3.63, 3.8) is 0 Å². The fourth-order valence-electron chi connectivity index (χ4n) is 4.89. The van der Waals surface area contributed by atoms with Gasteiger partial charge in [0.2, 0.25) is 11.1 Å². The molecule has 0 bridgehead atoms. The zero-order valence-corrected chi connectivity index (χ0v) is 20.9. The van der Waals surface area contributed by atoms with Crippen molar-refractivity contribution in [3.8, 4) is 5.69 Å². The lowest BCUT2D eigenvalue weighted by Gasteiger charge is -2.35. The number of tetrazole rings is 1. The van der Waals surface area contributed by atoms with Crippen LogP contribution in [0.25, 0.3) is 16.9 Å². The van der Waals surface area contributed by atoms with Gasteiger partial charge in [-0.25, -0.2) is 4.79 Å². The van der Waals surface area contributed by atoms with E-state index in [1.54, 1.807) is 23.5 Å². The van der Waals surface area contributed by atoms with Gasteiger partial charge in [-0.1, -0.05) is 43.8 Å². The molecule has 11 nitrogen and oxygen atoms in total. The molecule has 0 radical (unpaired) electrons. The largest absolute Gasteiger partial charge is 0.342 e. The monoisotopic (exact) mass is 495 g/mol. The summed E-state index contributed by atoms with van der Waals surface area (Å²) in [4.78, 5) is 34.5. The van der Waals surface area contributed by atoms with Gasteiger partial charge in [-0.05, 0) is 47.2 Å². The van der Waals surface area contributed by atoms with E-state index in [0.29, 0.717) is 34.7 Å². The number of aromatic nitrogens is 8. The standard InChI is InChI=1S/C23H29N9O2S/c1-15-12-16(2)14-30(13-15)21-24-19-18(20(33)25-22(34)29(19)3)31(21)10-7-11-35-23-26-27-28-32(23)17-8-5-4-6-9-17/h4-6,8-9,15-16H,7,10-14H2,1-3H3,(H,25,33,34)/t15-,16+. The minimum absolute atomic E-state index is 0.402. The topological polar surface area (TPSA) is 120 Å². The second-order valence-corrected chi connectivity index (χ2v) is 10.4. The highest BCUT2D eigenvalue weighted by Gasteiger charge is 2.27. The van der Waals surface area contributed by atoms with Crippen molar-refractivity contribution >= 4 is 28.9 Å². The summed E-state index contributed by atoms with van der Waals surface area (Å²) in [7, 11) is 1.64. The number of hydrogen-bond acceptors (Lipinski definition) is 8. The number of anilines is 1. The lowest BCUT2D eigenvalue weighted by Crippen LogP contribution is -2.40. The second-order valence-electron chi connectivity index (χ2n) is 9.32. The van der Waals surface area contributed by atoms with Crippen LogP contribution in [0.1, 0.15) is 26.7 Å². The van der Waals surface area contributed by atoms with Crippen LogP contribution < -0.4 is 16.1 Å². The summed E-state index contributed by atoms with van der Waals surface area (Å²) >= 11 is 1.57. The Morgan fingerprint density at radius 1 is 1.11 bits per heavy atom. The number of thioether (sulfide) groups is 1. The molecular weight excluding hydrogens is 466 g/mol. The highest BCUT2D eigenvalue weighted by Crippen LogP contribution is 2.28. The molecule has 0 amide bonds. The van der Waals surface area contributed by atoms with E-state index in [2.05, 4.69) is 39.3 Å². The van der Waals surface area contributed by atoms with Crippen LogP contribution in [-0.4, -0.2) is 58.2 Å². The summed E-state index contributed by atoms with van der Waals surface area (Å²) in [6.45, 7) is 6.82. The molecule has 12 heteroatoms. The van der Waals surface area contributed by atoms with Crippen LogP contribution in [0.3, 0.4) is 0 Å². The van der Waals surface area contributed by atoms with E-state index in [-0.39, 0.29) is 0 Å². The van der Waals surface area contributed by atoms with Crippen LogP contribution in [0.5, 0.6) is 0 Å². The lowest BCUT2D eigenvalue weighted by molar-refractivity contribution is 0.351. The van der Waals surface area contributed by atoms with Gasteiger partial charge < -0.3 is 9.47 Å².